The standard InChI is InChI=1S/C9H15FN2O/c1-7(10)9(13)11-6-8-4-3-5-12(8)2/h8H,1,3-6H2,2H3,(H,11,13). The molecule has 1 fully saturated rings. The number of nitrogens with one attached hydrogen (secondary N) is 1. The fraction of sp³-hybridized carbons (Fsp3) is 0.667. The molecule has 0 saturated carbocycles. The number of amides is 1. The molecular weight excluding hydrogens is 171 g/mol. The highest BCUT2D eigenvalue weighted by molar-refractivity contribution is 5.90. The zero-order valence-electron chi connectivity index (χ0n) is 7.85. The summed E-state index contributed by atoms with van der Waals surface area (Å²) in [6.07, 6.45) is 2.21. The Hall–Kier alpha value is -0.900. The van der Waals surface area contributed by atoms with Crippen molar-refractivity contribution in [3.8, 4) is 0 Å². The maximum atomic E-state index is 12.2. The van der Waals surface area contributed by atoms with Gasteiger partial charge in [0.05, 0.1) is 0 Å². The van der Waals surface area contributed by atoms with Crippen LogP contribution in [-0.4, -0.2) is 37.0 Å². The lowest BCUT2D eigenvalue weighted by atomic mass is 10.2. The summed E-state index contributed by atoms with van der Waals surface area (Å²) in [6, 6.07) is 0.350. The van der Waals surface area contributed by atoms with Crippen molar-refractivity contribution in [2.24, 2.45) is 0 Å². The Balaban J connectivity index is 2.26. The minimum Gasteiger partial charge on any atom is -0.348 e. The maximum Gasteiger partial charge on any atom is 0.279 e. The molecule has 1 aliphatic rings. The van der Waals surface area contributed by atoms with Gasteiger partial charge in [0.2, 0.25) is 0 Å². The zero-order chi connectivity index (χ0) is 9.84. The van der Waals surface area contributed by atoms with Gasteiger partial charge in [-0.1, -0.05) is 6.58 Å². The molecule has 1 N–H and O–H groups in total. The largest absolute Gasteiger partial charge is 0.348 e. The van der Waals surface area contributed by atoms with Gasteiger partial charge in [0.25, 0.3) is 5.91 Å². The van der Waals surface area contributed by atoms with Crippen molar-refractivity contribution < 1.29 is 9.18 Å². The molecule has 1 atom stereocenters. The Morgan fingerprint density at radius 3 is 2.92 bits per heavy atom. The lowest BCUT2D eigenvalue weighted by Crippen LogP contribution is -2.38. The molecule has 74 valence electrons. The fourth-order valence-corrected chi connectivity index (χ4v) is 1.54. The Morgan fingerprint density at radius 2 is 2.46 bits per heavy atom. The number of carbonyl (C=O) groups excluding carboxylic acids is 1. The first kappa shape index (κ1) is 10.2. The molecule has 1 amide bonds. The number of likely N-dealkylation sites (tertiary alicyclic amines) is 1. The van der Waals surface area contributed by atoms with Crippen LogP contribution in [0.15, 0.2) is 12.4 Å². The summed E-state index contributed by atoms with van der Waals surface area (Å²) in [5.74, 6) is -1.61. The minimum absolute atomic E-state index is 0.350. The summed E-state index contributed by atoms with van der Waals surface area (Å²) >= 11 is 0. The quantitative estimate of drug-likeness (QED) is 0.657. The first-order valence-electron chi connectivity index (χ1n) is 4.44. The average Bonchev–Trinajstić information content (AvgIpc) is 2.47. The van der Waals surface area contributed by atoms with E-state index < -0.39 is 11.7 Å². The van der Waals surface area contributed by atoms with Crippen LogP contribution < -0.4 is 5.32 Å². The molecule has 0 spiro atoms. The third-order valence-electron chi connectivity index (χ3n) is 2.42. The van der Waals surface area contributed by atoms with Gasteiger partial charge in [0.1, 0.15) is 0 Å². The lowest BCUT2D eigenvalue weighted by Gasteiger charge is -2.19. The van der Waals surface area contributed by atoms with E-state index in [4.69, 9.17) is 0 Å². The van der Waals surface area contributed by atoms with Gasteiger partial charge in [-0.2, -0.15) is 0 Å². The number of rotatable bonds is 3. The van der Waals surface area contributed by atoms with Crippen molar-refractivity contribution in [1.29, 1.82) is 0 Å². The number of likely N-dealkylation sites (N-methyl/N-ethyl adjacent to an activating group) is 1. The second-order valence-corrected chi connectivity index (χ2v) is 3.39. The monoisotopic (exact) mass is 186 g/mol. The van der Waals surface area contributed by atoms with Crippen LogP contribution in [0.5, 0.6) is 0 Å². The van der Waals surface area contributed by atoms with E-state index >= 15 is 0 Å². The molecule has 0 aromatic heterocycles. The van der Waals surface area contributed by atoms with Crippen LogP contribution in [0.1, 0.15) is 12.8 Å². The van der Waals surface area contributed by atoms with E-state index in [9.17, 15) is 9.18 Å². The van der Waals surface area contributed by atoms with Crippen molar-refractivity contribution in [2.45, 2.75) is 18.9 Å². The molecule has 1 aliphatic heterocycles. The molecule has 0 bridgehead atoms. The van der Waals surface area contributed by atoms with Crippen LogP contribution in [0, 0.1) is 0 Å². The van der Waals surface area contributed by atoms with Crippen LogP contribution in [0.2, 0.25) is 0 Å². The Morgan fingerprint density at radius 1 is 1.77 bits per heavy atom. The normalized spacial score (nSPS) is 23.1. The summed E-state index contributed by atoms with van der Waals surface area (Å²) < 4.78 is 12.2. The Labute approximate surface area is 77.6 Å². The molecule has 13 heavy (non-hydrogen) atoms. The number of hydrogen-bond donors (Lipinski definition) is 1. The molecular formula is C9H15FN2O. The number of nitrogens with zero attached hydrogens (tertiary/aromatic N) is 1. The zero-order valence-corrected chi connectivity index (χ0v) is 7.85. The number of hydrogen-bond acceptors (Lipinski definition) is 2. The first-order chi connectivity index (χ1) is 6.11. The molecule has 1 saturated heterocycles. The molecule has 0 aliphatic carbocycles. The summed E-state index contributed by atoms with van der Waals surface area (Å²) in [7, 11) is 2.01. The summed E-state index contributed by atoms with van der Waals surface area (Å²) in [5, 5.41) is 2.50. The van der Waals surface area contributed by atoms with E-state index in [0.717, 1.165) is 19.4 Å². The van der Waals surface area contributed by atoms with E-state index in [1.807, 2.05) is 7.05 Å². The topological polar surface area (TPSA) is 32.3 Å². The SMILES string of the molecule is C=C(F)C(=O)NCC1CCCN1C. The van der Waals surface area contributed by atoms with E-state index in [1.165, 1.54) is 0 Å². The van der Waals surface area contributed by atoms with Crippen molar-refractivity contribution in [3.05, 3.63) is 12.4 Å². The summed E-state index contributed by atoms with van der Waals surface area (Å²) in [5.41, 5.74) is 0. The second kappa shape index (κ2) is 4.37. The van der Waals surface area contributed by atoms with Gasteiger partial charge in [0, 0.05) is 12.6 Å². The van der Waals surface area contributed by atoms with E-state index in [0.29, 0.717) is 12.6 Å². The van der Waals surface area contributed by atoms with Crippen LogP contribution >= 0.6 is 0 Å². The van der Waals surface area contributed by atoms with Crippen LogP contribution in [0.25, 0.3) is 0 Å². The number of halogens is 1. The van der Waals surface area contributed by atoms with Crippen molar-refractivity contribution in [2.75, 3.05) is 20.1 Å². The molecule has 0 aromatic carbocycles. The van der Waals surface area contributed by atoms with Crippen molar-refractivity contribution in [3.63, 3.8) is 0 Å². The third kappa shape index (κ3) is 2.81. The van der Waals surface area contributed by atoms with Crippen LogP contribution in [-0.2, 0) is 4.79 Å². The molecule has 0 radical (unpaired) electrons. The van der Waals surface area contributed by atoms with Gasteiger partial charge in [-0.3, -0.25) is 4.79 Å². The predicted molar refractivity (Wildman–Crippen MR) is 48.9 cm³/mol. The summed E-state index contributed by atoms with van der Waals surface area (Å²) in [6.45, 7) is 4.49. The van der Waals surface area contributed by atoms with Gasteiger partial charge in [-0.15, -0.1) is 0 Å². The minimum atomic E-state index is -0.916. The maximum absolute atomic E-state index is 12.2. The highest BCUT2D eigenvalue weighted by Gasteiger charge is 2.21. The van der Waals surface area contributed by atoms with Gasteiger partial charge in [-0.05, 0) is 26.4 Å². The van der Waals surface area contributed by atoms with E-state index in [1.54, 1.807) is 0 Å². The number of carbonyl (C=O) groups is 1. The van der Waals surface area contributed by atoms with Gasteiger partial charge in [0.15, 0.2) is 5.83 Å². The Kier molecular flexibility index (Phi) is 3.42. The predicted octanol–water partition coefficient (Wildman–Crippen LogP) is 0.680. The fourth-order valence-electron chi connectivity index (χ4n) is 1.54. The van der Waals surface area contributed by atoms with Crippen LogP contribution in [0.3, 0.4) is 0 Å². The summed E-state index contributed by atoms with van der Waals surface area (Å²) in [4.78, 5) is 13.0. The average molecular weight is 186 g/mol. The van der Waals surface area contributed by atoms with E-state index in [2.05, 4.69) is 16.8 Å². The second-order valence-electron chi connectivity index (χ2n) is 3.39. The van der Waals surface area contributed by atoms with Crippen LogP contribution in [0.4, 0.5) is 4.39 Å². The molecule has 4 heteroatoms. The molecule has 1 heterocycles. The Bertz CT molecular complexity index is 218. The van der Waals surface area contributed by atoms with E-state index in [-0.39, 0.29) is 0 Å². The first-order valence-corrected chi connectivity index (χ1v) is 4.44. The highest BCUT2D eigenvalue weighted by atomic mass is 19.1. The van der Waals surface area contributed by atoms with Gasteiger partial charge < -0.3 is 10.2 Å². The molecule has 1 rings (SSSR count). The van der Waals surface area contributed by atoms with Crippen molar-refractivity contribution in [1.82, 2.24) is 10.2 Å². The molecule has 3 nitrogen and oxygen atoms in total. The van der Waals surface area contributed by atoms with Gasteiger partial charge >= 0.3 is 0 Å². The lowest BCUT2D eigenvalue weighted by molar-refractivity contribution is -0.119. The van der Waals surface area contributed by atoms with Gasteiger partial charge in [-0.25, -0.2) is 4.39 Å². The smallest absolute Gasteiger partial charge is 0.279 e. The highest BCUT2D eigenvalue weighted by Crippen LogP contribution is 2.13. The third-order valence-corrected chi connectivity index (χ3v) is 2.42. The van der Waals surface area contributed by atoms with Crippen molar-refractivity contribution >= 4 is 5.91 Å². The molecule has 0 aromatic rings. The molecule has 1 unspecified atom stereocenters.